The van der Waals surface area contributed by atoms with E-state index in [4.69, 9.17) is 34.8 Å². The van der Waals surface area contributed by atoms with Crippen molar-refractivity contribution in [3.63, 3.8) is 0 Å². The Morgan fingerprint density at radius 3 is 2.46 bits per heavy atom. The van der Waals surface area contributed by atoms with Gasteiger partial charge in [0, 0.05) is 56.6 Å². The number of nitrogens with zero attached hydrogens (tertiary/aromatic N) is 4. The molecule has 0 spiro atoms. The molecule has 2 aliphatic rings. The molecule has 0 bridgehead atoms. The third kappa shape index (κ3) is 6.23. The number of piperidine rings is 1. The normalized spacial score (nSPS) is 20.7. The molecule has 1 unspecified atom stereocenters. The first kappa shape index (κ1) is 26.5. The van der Waals surface area contributed by atoms with Gasteiger partial charge in [-0.2, -0.15) is 0 Å². The number of hydrogen-bond donors (Lipinski definition) is 1. The Morgan fingerprint density at radius 2 is 1.83 bits per heavy atom. The topological polar surface area (TPSA) is 68.8 Å². The number of halogens is 3. The van der Waals surface area contributed by atoms with Gasteiger partial charge in [0.1, 0.15) is 16.8 Å². The number of hydrogen-bond acceptors (Lipinski definition) is 5. The molecule has 7 nitrogen and oxygen atoms in total. The molecule has 0 aliphatic carbocycles. The van der Waals surface area contributed by atoms with Gasteiger partial charge in [-0.25, -0.2) is 9.19 Å². The number of piperazine rings is 1. The van der Waals surface area contributed by atoms with Crippen LogP contribution in [0.1, 0.15) is 36.5 Å². The SMILES string of the molecule is CC[C@H]1CN(c2ncc(NS(C)=O)cc2Cl)CCN1C1CCN(C(=O)c2ccc(Cl)c(Cl)c2)CC1. The summed E-state index contributed by atoms with van der Waals surface area (Å²) in [6, 6.07) is 7.65. The molecule has 1 amide bonds. The quantitative estimate of drug-likeness (QED) is 0.543. The number of amides is 1. The molecule has 2 fully saturated rings. The lowest BCUT2D eigenvalue weighted by molar-refractivity contribution is 0.0491. The van der Waals surface area contributed by atoms with Crippen LogP contribution in [0, 0.1) is 0 Å². The van der Waals surface area contributed by atoms with Gasteiger partial charge >= 0.3 is 0 Å². The Balaban J connectivity index is 1.36. The standard InChI is InChI=1S/C24H30Cl3N5O2S/c1-3-18-15-31(23-22(27)13-17(14-28-23)29-35(2)34)10-11-32(18)19-6-8-30(9-7-19)24(33)16-4-5-20(25)21(26)12-16/h4-5,12-14,18-19,29H,3,6-11,15H2,1-2H3/t18-,35?/m0/s1. The van der Waals surface area contributed by atoms with Crippen LogP contribution in [0.5, 0.6) is 0 Å². The van der Waals surface area contributed by atoms with E-state index in [0.717, 1.165) is 57.8 Å². The van der Waals surface area contributed by atoms with E-state index < -0.39 is 11.0 Å². The fourth-order valence-electron chi connectivity index (χ4n) is 5.00. The van der Waals surface area contributed by atoms with Gasteiger partial charge in [0.15, 0.2) is 0 Å². The van der Waals surface area contributed by atoms with E-state index in [0.29, 0.717) is 38.4 Å². The first-order chi connectivity index (χ1) is 16.8. The zero-order valence-corrected chi connectivity index (χ0v) is 22.9. The zero-order valence-electron chi connectivity index (χ0n) is 19.8. The maximum Gasteiger partial charge on any atom is 0.253 e. The number of nitrogens with one attached hydrogen (secondary N) is 1. The van der Waals surface area contributed by atoms with Gasteiger partial charge in [-0.3, -0.25) is 9.69 Å². The molecule has 2 aliphatic heterocycles. The first-order valence-corrected chi connectivity index (χ1v) is 14.5. The molecule has 0 radical (unpaired) electrons. The molecule has 1 aromatic carbocycles. The van der Waals surface area contributed by atoms with Gasteiger partial charge < -0.3 is 14.5 Å². The third-order valence-corrected chi connectivity index (χ3v) is 8.31. The lowest BCUT2D eigenvalue weighted by Crippen LogP contribution is -2.58. The minimum Gasteiger partial charge on any atom is -0.353 e. The molecule has 190 valence electrons. The van der Waals surface area contributed by atoms with Gasteiger partial charge in [0.25, 0.3) is 5.91 Å². The Bertz CT molecular complexity index is 1100. The summed E-state index contributed by atoms with van der Waals surface area (Å²) in [6.07, 6.45) is 6.15. The summed E-state index contributed by atoms with van der Waals surface area (Å²) in [7, 11) is -1.17. The van der Waals surface area contributed by atoms with E-state index in [-0.39, 0.29) is 5.91 Å². The average Bonchev–Trinajstić information content (AvgIpc) is 2.85. The molecule has 1 N–H and O–H groups in total. The predicted molar refractivity (Wildman–Crippen MR) is 145 cm³/mol. The van der Waals surface area contributed by atoms with Crippen molar-refractivity contribution < 1.29 is 9.00 Å². The maximum atomic E-state index is 12.9. The van der Waals surface area contributed by atoms with Crippen molar-refractivity contribution in [2.24, 2.45) is 0 Å². The van der Waals surface area contributed by atoms with E-state index in [1.807, 2.05) is 4.90 Å². The number of likely N-dealkylation sites (tertiary alicyclic amines) is 1. The molecule has 4 rings (SSSR count). The highest BCUT2D eigenvalue weighted by Gasteiger charge is 2.35. The fourth-order valence-corrected chi connectivity index (χ4v) is 6.03. The van der Waals surface area contributed by atoms with Gasteiger partial charge in [0.2, 0.25) is 0 Å². The number of pyridine rings is 1. The summed E-state index contributed by atoms with van der Waals surface area (Å²) in [4.78, 5) is 24.2. The van der Waals surface area contributed by atoms with Gasteiger partial charge in [0.05, 0.1) is 27.0 Å². The van der Waals surface area contributed by atoms with E-state index in [1.54, 1.807) is 36.7 Å². The molecule has 2 atom stereocenters. The molecular formula is C24H30Cl3N5O2S. The van der Waals surface area contributed by atoms with E-state index in [1.165, 1.54) is 0 Å². The summed E-state index contributed by atoms with van der Waals surface area (Å²) in [5, 5.41) is 1.41. The number of benzene rings is 1. The van der Waals surface area contributed by atoms with E-state index in [2.05, 4.69) is 26.4 Å². The number of aromatic nitrogens is 1. The molecule has 35 heavy (non-hydrogen) atoms. The summed E-state index contributed by atoms with van der Waals surface area (Å²) in [5.41, 5.74) is 1.22. The van der Waals surface area contributed by atoms with Gasteiger partial charge in [-0.15, -0.1) is 0 Å². The van der Waals surface area contributed by atoms with Crippen molar-refractivity contribution >= 4 is 63.2 Å². The Kier molecular flexibility index (Phi) is 8.81. The van der Waals surface area contributed by atoms with Crippen molar-refractivity contribution in [2.75, 3.05) is 48.6 Å². The Hall–Kier alpha value is -1.58. The number of carbonyl (C=O) groups is 1. The van der Waals surface area contributed by atoms with Crippen molar-refractivity contribution in [3.8, 4) is 0 Å². The van der Waals surface area contributed by atoms with Crippen molar-refractivity contribution in [2.45, 2.75) is 38.3 Å². The van der Waals surface area contributed by atoms with Crippen LogP contribution in [-0.2, 0) is 11.0 Å². The van der Waals surface area contributed by atoms with Crippen molar-refractivity contribution in [3.05, 3.63) is 51.1 Å². The number of carbonyl (C=O) groups excluding carboxylic acids is 1. The minimum absolute atomic E-state index is 0.00411. The fraction of sp³-hybridized carbons (Fsp3) is 0.500. The van der Waals surface area contributed by atoms with Crippen LogP contribution in [0.2, 0.25) is 15.1 Å². The number of rotatable bonds is 6. The zero-order chi connectivity index (χ0) is 25.1. The highest BCUT2D eigenvalue weighted by atomic mass is 35.5. The lowest BCUT2D eigenvalue weighted by Gasteiger charge is -2.47. The smallest absolute Gasteiger partial charge is 0.253 e. The molecule has 11 heteroatoms. The lowest BCUT2D eigenvalue weighted by atomic mass is 9.97. The average molecular weight is 559 g/mol. The molecule has 2 saturated heterocycles. The van der Waals surface area contributed by atoms with Crippen LogP contribution in [0.25, 0.3) is 0 Å². The summed E-state index contributed by atoms with van der Waals surface area (Å²) in [5.74, 6) is 0.767. The number of anilines is 2. The largest absolute Gasteiger partial charge is 0.353 e. The van der Waals surface area contributed by atoms with E-state index in [9.17, 15) is 9.00 Å². The second kappa shape index (κ2) is 11.6. The van der Waals surface area contributed by atoms with Crippen LogP contribution >= 0.6 is 34.8 Å². The van der Waals surface area contributed by atoms with Gasteiger partial charge in [-0.05, 0) is 43.5 Å². The minimum atomic E-state index is -1.17. The molecular weight excluding hydrogens is 529 g/mol. The van der Waals surface area contributed by atoms with Gasteiger partial charge in [-0.1, -0.05) is 41.7 Å². The van der Waals surface area contributed by atoms with Crippen LogP contribution in [0.15, 0.2) is 30.5 Å². The molecule has 3 heterocycles. The van der Waals surface area contributed by atoms with Crippen LogP contribution in [-0.4, -0.2) is 76.0 Å². The van der Waals surface area contributed by atoms with Crippen molar-refractivity contribution in [1.82, 2.24) is 14.8 Å². The monoisotopic (exact) mass is 557 g/mol. The highest BCUT2D eigenvalue weighted by molar-refractivity contribution is 7.85. The van der Waals surface area contributed by atoms with Crippen molar-refractivity contribution in [1.29, 1.82) is 0 Å². The second-order valence-corrected chi connectivity index (χ2v) is 11.3. The molecule has 2 aromatic rings. The third-order valence-electron chi connectivity index (χ3n) is 6.77. The first-order valence-electron chi connectivity index (χ1n) is 11.8. The van der Waals surface area contributed by atoms with Crippen LogP contribution in [0.4, 0.5) is 11.5 Å². The predicted octanol–water partition coefficient (Wildman–Crippen LogP) is 4.95. The summed E-state index contributed by atoms with van der Waals surface area (Å²) >= 11 is 18.6. The maximum absolute atomic E-state index is 12.9. The highest BCUT2D eigenvalue weighted by Crippen LogP contribution is 2.31. The second-order valence-electron chi connectivity index (χ2n) is 8.98. The van der Waals surface area contributed by atoms with Crippen LogP contribution in [0.3, 0.4) is 0 Å². The Morgan fingerprint density at radius 1 is 1.09 bits per heavy atom. The van der Waals surface area contributed by atoms with Crippen LogP contribution < -0.4 is 9.62 Å². The summed E-state index contributed by atoms with van der Waals surface area (Å²) in [6.45, 7) is 6.25. The summed E-state index contributed by atoms with van der Waals surface area (Å²) < 4.78 is 14.2. The molecule has 0 saturated carbocycles. The van der Waals surface area contributed by atoms with E-state index >= 15 is 0 Å². The Labute approximate surface area is 224 Å². The molecule has 1 aromatic heterocycles.